The Morgan fingerprint density at radius 1 is 1.47 bits per heavy atom. The predicted octanol–water partition coefficient (Wildman–Crippen LogP) is -0.0835. The second-order valence-corrected chi connectivity index (χ2v) is 5.37. The highest BCUT2D eigenvalue weighted by Crippen LogP contribution is 2.14. The van der Waals surface area contributed by atoms with Crippen LogP contribution < -0.4 is 9.86 Å². The van der Waals surface area contributed by atoms with Gasteiger partial charge in [-0.15, -0.1) is 0 Å². The highest BCUT2D eigenvalue weighted by Gasteiger charge is 2.16. The van der Waals surface area contributed by atoms with E-state index in [1.807, 2.05) is 13.8 Å². The van der Waals surface area contributed by atoms with Crippen LogP contribution in [0.5, 0.6) is 0 Å². The van der Waals surface area contributed by atoms with Gasteiger partial charge >= 0.3 is 5.97 Å². The Labute approximate surface area is 90.0 Å². The Morgan fingerprint density at radius 3 is 2.33 bits per heavy atom. The molecule has 0 aliphatic rings. The predicted molar refractivity (Wildman–Crippen MR) is 56.3 cm³/mol. The number of carboxylic acids is 1. The van der Waals surface area contributed by atoms with Gasteiger partial charge in [0.2, 0.25) is 0 Å². The molecule has 0 aliphatic carbocycles. The SMILES string of the molecule is CC(C)CC(CNS(N)(=O)=O)CC(=O)O. The van der Waals surface area contributed by atoms with E-state index in [0.29, 0.717) is 12.3 Å². The molecule has 0 bridgehead atoms. The lowest BCUT2D eigenvalue weighted by atomic mass is 9.94. The first-order chi connectivity index (χ1) is 6.70. The molecule has 7 heteroatoms. The summed E-state index contributed by atoms with van der Waals surface area (Å²) >= 11 is 0. The molecule has 0 rings (SSSR count). The first-order valence-corrected chi connectivity index (χ1v) is 6.24. The average molecular weight is 238 g/mol. The third-order valence-corrected chi connectivity index (χ3v) is 2.41. The summed E-state index contributed by atoms with van der Waals surface area (Å²) in [6.07, 6.45) is 0.593. The summed E-state index contributed by atoms with van der Waals surface area (Å²) in [5.41, 5.74) is 0. The highest BCUT2D eigenvalue weighted by molar-refractivity contribution is 7.87. The van der Waals surface area contributed by atoms with E-state index in [1.165, 1.54) is 0 Å². The van der Waals surface area contributed by atoms with Gasteiger partial charge in [-0.2, -0.15) is 8.42 Å². The Kier molecular flexibility index (Phi) is 5.77. The van der Waals surface area contributed by atoms with Crippen LogP contribution in [-0.4, -0.2) is 26.0 Å². The molecule has 0 spiro atoms. The maximum Gasteiger partial charge on any atom is 0.303 e. The van der Waals surface area contributed by atoms with Crippen molar-refractivity contribution in [2.75, 3.05) is 6.54 Å². The minimum atomic E-state index is -3.73. The summed E-state index contributed by atoms with van der Waals surface area (Å²) in [6, 6.07) is 0. The number of rotatable bonds is 7. The van der Waals surface area contributed by atoms with Gasteiger partial charge in [0.1, 0.15) is 0 Å². The van der Waals surface area contributed by atoms with Crippen molar-refractivity contribution in [3.8, 4) is 0 Å². The van der Waals surface area contributed by atoms with Crippen molar-refractivity contribution in [1.29, 1.82) is 0 Å². The largest absolute Gasteiger partial charge is 0.481 e. The summed E-state index contributed by atoms with van der Waals surface area (Å²) in [5.74, 6) is -0.839. The van der Waals surface area contributed by atoms with Crippen molar-refractivity contribution in [2.45, 2.75) is 26.7 Å². The van der Waals surface area contributed by atoms with Crippen LogP contribution in [0.15, 0.2) is 0 Å². The molecule has 1 unspecified atom stereocenters. The van der Waals surface area contributed by atoms with Gasteiger partial charge in [0, 0.05) is 13.0 Å². The molecule has 0 saturated carbocycles. The molecule has 0 aromatic rings. The van der Waals surface area contributed by atoms with Gasteiger partial charge in [0.15, 0.2) is 0 Å². The van der Waals surface area contributed by atoms with Gasteiger partial charge in [-0.1, -0.05) is 13.8 Å². The maximum atomic E-state index is 10.6. The fraction of sp³-hybridized carbons (Fsp3) is 0.875. The van der Waals surface area contributed by atoms with Gasteiger partial charge in [-0.25, -0.2) is 9.86 Å². The summed E-state index contributed by atoms with van der Waals surface area (Å²) in [7, 11) is -3.73. The van der Waals surface area contributed by atoms with E-state index in [4.69, 9.17) is 10.2 Å². The van der Waals surface area contributed by atoms with Gasteiger partial charge in [0.25, 0.3) is 10.2 Å². The fourth-order valence-corrected chi connectivity index (χ4v) is 1.85. The number of aliphatic carboxylic acids is 1. The van der Waals surface area contributed by atoms with Crippen LogP contribution in [0.4, 0.5) is 0 Å². The monoisotopic (exact) mass is 238 g/mol. The molecule has 6 nitrogen and oxygen atoms in total. The van der Waals surface area contributed by atoms with E-state index in [9.17, 15) is 13.2 Å². The quantitative estimate of drug-likeness (QED) is 0.576. The zero-order valence-electron chi connectivity index (χ0n) is 8.93. The summed E-state index contributed by atoms with van der Waals surface area (Å²) in [4.78, 5) is 10.5. The van der Waals surface area contributed by atoms with Crippen LogP contribution in [-0.2, 0) is 15.0 Å². The van der Waals surface area contributed by atoms with Crippen LogP contribution in [0.25, 0.3) is 0 Å². The van der Waals surface area contributed by atoms with E-state index in [1.54, 1.807) is 0 Å². The minimum absolute atomic E-state index is 0.0549. The average Bonchev–Trinajstić information content (AvgIpc) is 1.96. The van der Waals surface area contributed by atoms with E-state index in [-0.39, 0.29) is 18.9 Å². The first kappa shape index (κ1) is 14.3. The Hall–Kier alpha value is -0.660. The highest BCUT2D eigenvalue weighted by atomic mass is 32.2. The number of carboxylic acid groups (broad SMARTS) is 1. The summed E-state index contributed by atoms with van der Waals surface area (Å²) in [5, 5.41) is 13.4. The molecule has 90 valence electrons. The summed E-state index contributed by atoms with van der Waals surface area (Å²) in [6.45, 7) is 3.97. The van der Waals surface area contributed by atoms with Crippen molar-refractivity contribution >= 4 is 16.2 Å². The molecule has 0 fully saturated rings. The first-order valence-electron chi connectivity index (χ1n) is 4.70. The second-order valence-electron chi connectivity index (χ2n) is 3.99. The zero-order valence-corrected chi connectivity index (χ0v) is 9.75. The molecule has 0 aliphatic heterocycles. The lowest BCUT2D eigenvalue weighted by Gasteiger charge is -2.16. The van der Waals surface area contributed by atoms with Crippen molar-refractivity contribution in [3.05, 3.63) is 0 Å². The molecule has 4 N–H and O–H groups in total. The lowest BCUT2D eigenvalue weighted by Crippen LogP contribution is -2.35. The molecule has 1 atom stereocenters. The van der Waals surface area contributed by atoms with E-state index in [2.05, 4.69) is 4.72 Å². The van der Waals surface area contributed by atoms with Gasteiger partial charge in [-0.3, -0.25) is 4.79 Å². The van der Waals surface area contributed by atoms with Crippen LogP contribution in [0, 0.1) is 11.8 Å². The molecule has 0 aromatic carbocycles. The Balaban J connectivity index is 4.18. The van der Waals surface area contributed by atoms with Crippen LogP contribution in [0.2, 0.25) is 0 Å². The van der Waals surface area contributed by atoms with Crippen LogP contribution in [0.3, 0.4) is 0 Å². The number of hydrogen-bond donors (Lipinski definition) is 3. The number of nitrogens with two attached hydrogens (primary N) is 1. The maximum absolute atomic E-state index is 10.6. The second kappa shape index (κ2) is 6.04. The number of hydrogen-bond acceptors (Lipinski definition) is 3. The standard InChI is InChI=1S/C8H18N2O4S/c1-6(2)3-7(4-8(11)12)5-10-15(9,13)14/h6-7,10H,3-5H2,1-2H3,(H,11,12)(H2,9,13,14). The number of carbonyl (C=O) groups is 1. The molecule has 0 amide bonds. The molecule has 15 heavy (non-hydrogen) atoms. The van der Waals surface area contributed by atoms with Crippen molar-refractivity contribution in [2.24, 2.45) is 17.0 Å². The Morgan fingerprint density at radius 2 is 2.00 bits per heavy atom. The Bertz CT molecular complexity index is 300. The van der Waals surface area contributed by atoms with Crippen molar-refractivity contribution < 1.29 is 18.3 Å². The third-order valence-electron chi connectivity index (χ3n) is 1.84. The van der Waals surface area contributed by atoms with Gasteiger partial charge in [0.05, 0.1) is 0 Å². The summed E-state index contributed by atoms with van der Waals surface area (Å²) < 4.78 is 23.4. The molecule has 0 aromatic heterocycles. The van der Waals surface area contributed by atoms with Crippen molar-refractivity contribution in [3.63, 3.8) is 0 Å². The third kappa shape index (κ3) is 9.64. The molecule has 0 radical (unpaired) electrons. The normalized spacial score (nSPS) is 14.1. The van der Waals surface area contributed by atoms with E-state index in [0.717, 1.165) is 0 Å². The molecule has 0 saturated heterocycles. The molecular weight excluding hydrogens is 220 g/mol. The van der Waals surface area contributed by atoms with Gasteiger partial charge < -0.3 is 5.11 Å². The lowest BCUT2D eigenvalue weighted by molar-refractivity contribution is -0.138. The minimum Gasteiger partial charge on any atom is -0.481 e. The van der Waals surface area contributed by atoms with Crippen LogP contribution >= 0.6 is 0 Å². The molecule has 0 heterocycles. The zero-order chi connectivity index (χ0) is 12.1. The smallest absolute Gasteiger partial charge is 0.303 e. The topological polar surface area (TPSA) is 109 Å². The van der Waals surface area contributed by atoms with E-state index >= 15 is 0 Å². The van der Waals surface area contributed by atoms with E-state index < -0.39 is 16.2 Å². The van der Waals surface area contributed by atoms with Gasteiger partial charge in [-0.05, 0) is 18.3 Å². The van der Waals surface area contributed by atoms with Crippen LogP contribution in [0.1, 0.15) is 26.7 Å². The molecular formula is C8H18N2O4S. The van der Waals surface area contributed by atoms with Crippen molar-refractivity contribution in [1.82, 2.24) is 4.72 Å². The fourth-order valence-electron chi connectivity index (χ4n) is 1.39. The number of nitrogens with one attached hydrogen (secondary N) is 1.